The molecule has 0 saturated carbocycles. The predicted molar refractivity (Wildman–Crippen MR) is 99.3 cm³/mol. The van der Waals surface area contributed by atoms with Crippen molar-refractivity contribution in [3.63, 3.8) is 0 Å². The van der Waals surface area contributed by atoms with E-state index in [0.29, 0.717) is 11.7 Å². The number of nitrogens with zero attached hydrogens (tertiary/aromatic N) is 5. The van der Waals surface area contributed by atoms with Gasteiger partial charge in [-0.15, -0.1) is 5.10 Å². The number of hydrogen-bond donors (Lipinski definition) is 0. The molecule has 0 saturated heterocycles. The molecule has 0 bridgehead atoms. The molecule has 3 rings (SSSR count). The number of benzene rings is 2. The Morgan fingerprint density at radius 2 is 1.88 bits per heavy atom. The molecule has 134 valence electrons. The van der Waals surface area contributed by atoms with Crippen LogP contribution in [0.15, 0.2) is 59.8 Å². The summed E-state index contributed by atoms with van der Waals surface area (Å²) in [6.07, 6.45) is 0. The van der Waals surface area contributed by atoms with E-state index in [1.165, 1.54) is 11.8 Å². The molecule has 0 radical (unpaired) electrons. The molecule has 8 heteroatoms. The fraction of sp³-hybridized carbons (Fsp3) is 0.222. The topological polar surface area (TPSA) is 73.1 Å². The first-order valence-corrected chi connectivity index (χ1v) is 8.99. The van der Waals surface area contributed by atoms with Crippen LogP contribution < -0.4 is 4.74 Å². The van der Waals surface area contributed by atoms with Gasteiger partial charge in [0, 0.05) is 13.6 Å². The summed E-state index contributed by atoms with van der Waals surface area (Å²) >= 11 is 1.32. The largest absolute Gasteiger partial charge is 0.497 e. The van der Waals surface area contributed by atoms with Crippen molar-refractivity contribution >= 4 is 17.7 Å². The van der Waals surface area contributed by atoms with E-state index in [4.69, 9.17) is 4.74 Å². The Bertz CT molecular complexity index is 852. The highest BCUT2D eigenvalue weighted by Gasteiger charge is 2.14. The fourth-order valence-electron chi connectivity index (χ4n) is 2.33. The van der Waals surface area contributed by atoms with Gasteiger partial charge in [0.05, 0.1) is 18.6 Å². The zero-order valence-corrected chi connectivity index (χ0v) is 15.4. The number of tetrazole rings is 1. The van der Waals surface area contributed by atoms with E-state index in [0.717, 1.165) is 17.0 Å². The Balaban J connectivity index is 1.58. The normalized spacial score (nSPS) is 10.5. The summed E-state index contributed by atoms with van der Waals surface area (Å²) in [4.78, 5) is 14.1. The number of amides is 1. The third-order valence-electron chi connectivity index (χ3n) is 3.77. The van der Waals surface area contributed by atoms with Crippen LogP contribution in [-0.2, 0) is 11.3 Å². The highest BCUT2D eigenvalue weighted by atomic mass is 32.2. The predicted octanol–water partition coefficient (Wildman–Crippen LogP) is 2.42. The van der Waals surface area contributed by atoms with Crippen LogP contribution in [0.4, 0.5) is 0 Å². The Morgan fingerprint density at radius 1 is 1.15 bits per heavy atom. The molecule has 2 aromatic carbocycles. The second kappa shape index (κ2) is 8.48. The van der Waals surface area contributed by atoms with Gasteiger partial charge in [0.25, 0.3) is 0 Å². The number of para-hydroxylation sites is 1. The lowest BCUT2D eigenvalue weighted by Crippen LogP contribution is -2.27. The number of methoxy groups -OCH3 is 1. The molecule has 0 aliphatic carbocycles. The number of carbonyl (C=O) groups is 1. The van der Waals surface area contributed by atoms with Crippen molar-refractivity contribution in [2.45, 2.75) is 11.7 Å². The van der Waals surface area contributed by atoms with E-state index in [-0.39, 0.29) is 11.7 Å². The van der Waals surface area contributed by atoms with E-state index in [1.807, 2.05) is 54.6 Å². The van der Waals surface area contributed by atoms with Crippen LogP contribution in [0.25, 0.3) is 5.69 Å². The molecular weight excluding hydrogens is 350 g/mol. The summed E-state index contributed by atoms with van der Waals surface area (Å²) in [6.45, 7) is 0.535. The van der Waals surface area contributed by atoms with E-state index in [2.05, 4.69) is 15.5 Å². The average Bonchev–Trinajstić information content (AvgIpc) is 3.16. The Kier molecular flexibility index (Phi) is 5.85. The van der Waals surface area contributed by atoms with Crippen molar-refractivity contribution in [1.29, 1.82) is 0 Å². The van der Waals surface area contributed by atoms with Gasteiger partial charge in [-0.05, 0) is 40.3 Å². The third kappa shape index (κ3) is 4.40. The minimum Gasteiger partial charge on any atom is -0.497 e. The maximum atomic E-state index is 12.4. The summed E-state index contributed by atoms with van der Waals surface area (Å²) in [7, 11) is 3.41. The maximum absolute atomic E-state index is 12.4. The molecule has 7 nitrogen and oxygen atoms in total. The lowest BCUT2D eigenvalue weighted by atomic mass is 10.2. The highest BCUT2D eigenvalue weighted by Crippen LogP contribution is 2.19. The second-order valence-corrected chi connectivity index (χ2v) is 6.54. The van der Waals surface area contributed by atoms with Crippen molar-refractivity contribution in [1.82, 2.24) is 25.1 Å². The number of rotatable bonds is 7. The minimum atomic E-state index is 0.00781. The molecule has 0 spiro atoms. The molecule has 0 fully saturated rings. The first-order valence-electron chi connectivity index (χ1n) is 8.01. The van der Waals surface area contributed by atoms with Crippen molar-refractivity contribution in [3.05, 3.63) is 60.2 Å². The zero-order chi connectivity index (χ0) is 18.4. The van der Waals surface area contributed by atoms with Crippen LogP contribution >= 0.6 is 11.8 Å². The average molecular weight is 369 g/mol. The third-order valence-corrected chi connectivity index (χ3v) is 4.68. The van der Waals surface area contributed by atoms with Crippen molar-refractivity contribution in [2.75, 3.05) is 19.9 Å². The van der Waals surface area contributed by atoms with Crippen molar-refractivity contribution in [2.24, 2.45) is 0 Å². The van der Waals surface area contributed by atoms with Gasteiger partial charge in [-0.2, -0.15) is 4.68 Å². The van der Waals surface area contributed by atoms with Crippen LogP contribution in [0.1, 0.15) is 5.56 Å². The van der Waals surface area contributed by atoms with Gasteiger partial charge in [-0.25, -0.2) is 0 Å². The number of aromatic nitrogens is 4. The maximum Gasteiger partial charge on any atom is 0.233 e. The van der Waals surface area contributed by atoms with Gasteiger partial charge < -0.3 is 9.64 Å². The molecule has 3 aromatic rings. The Morgan fingerprint density at radius 3 is 2.58 bits per heavy atom. The lowest BCUT2D eigenvalue weighted by molar-refractivity contribution is -0.127. The van der Waals surface area contributed by atoms with Crippen LogP contribution in [0.3, 0.4) is 0 Å². The number of carbonyl (C=O) groups excluding carboxylic acids is 1. The van der Waals surface area contributed by atoms with Gasteiger partial charge in [-0.3, -0.25) is 4.79 Å². The van der Waals surface area contributed by atoms with Gasteiger partial charge in [0.1, 0.15) is 5.75 Å². The van der Waals surface area contributed by atoms with Crippen molar-refractivity contribution in [3.8, 4) is 11.4 Å². The molecule has 0 aliphatic rings. The first kappa shape index (κ1) is 17.9. The summed E-state index contributed by atoms with van der Waals surface area (Å²) in [5.74, 6) is 1.07. The zero-order valence-electron chi connectivity index (χ0n) is 14.6. The van der Waals surface area contributed by atoms with Crippen molar-refractivity contribution < 1.29 is 9.53 Å². The lowest BCUT2D eigenvalue weighted by Gasteiger charge is -2.17. The smallest absolute Gasteiger partial charge is 0.233 e. The molecule has 0 unspecified atom stereocenters. The van der Waals surface area contributed by atoms with Crippen LogP contribution in [-0.4, -0.2) is 50.9 Å². The molecular formula is C18H19N5O2S. The van der Waals surface area contributed by atoms with E-state index >= 15 is 0 Å². The standard InChI is InChI=1S/C18H19N5O2S/c1-22(12-14-8-10-16(25-2)11-9-14)17(24)13-26-18-19-20-21-23(18)15-6-4-3-5-7-15/h3-11H,12-13H2,1-2H3. The molecule has 0 aliphatic heterocycles. The molecule has 26 heavy (non-hydrogen) atoms. The number of thioether (sulfide) groups is 1. The number of hydrogen-bond acceptors (Lipinski definition) is 6. The quantitative estimate of drug-likeness (QED) is 0.596. The summed E-state index contributed by atoms with van der Waals surface area (Å²) < 4.78 is 6.77. The van der Waals surface area contributed by atoms with E-state index in [1.54, 1.807) is 23.7 Å². The van der Waals surface area contributed by atoms with Crippen LogP contribution in [0, 0.1) is 0 Å². The first-order chi connectivity index (χ1) is 12.7. The second-order valence-electron chi connectivity index (χ2n) is 5.60. The monoisotopic (exact) mass is 369 g/mol. The SMILES string of the molecule is COc1ccc(CN(C)C(=O)CSc2nnnn2-c2ccccc2)cc1. The van der Waals surface area contributed by atoms with Gasteiger partial charge >= 0.3 is 0 Å². The minimum absolute atomic E-state index is 0.00781. The van der Waals surface area contributed by atoms with Crippen LogP contribution in [0.5, 0.6) is 5.75 Å². The van der Waals surface area contributed by atoms with E-state index in [9.17, 15) is 4.79 Å². The van der Waals surface area contributed by atoms with Gasteiger partial charge in [0.2, 0.25) is 11.1 Å². The van der Waals surface area contributed by atoms with E-state index < -0.39 is 0 Å². The molecule has 0 atom stereocenters. The van der Waals surface area contributed by atoms with Gasteiger partial charge in [-0.1, -0.05) is 42.1 Å². The number of ether oxygens (including phenoxy) is 1. The van der Waals surface area contributed by atoms with Gasteiger partial charge in [0.15, 0.2) is 0 Å². The Hall–Kier alpha value is -2.87. The molecule has 1 amide bonds. The molecule has 0 N–H and O–H groups in total. The molecule has 1 aromatic heterocycles. The molecule has 1 heterocycles. The Labute approximate surface area is 156 Å². The fourth-order valence-corrected chi connectivity index (χ4v) is 3.16. The summed E-state index contributed by atoms with van der Waals surface area (Å²) in [6, 6.07) is 17.3. The summed E-state index contributed by atoms with van der Waals surface area (Å²) in [5, 5.41) is 12.3. The van der Waals surface area contributed by atoms with Crippen LogP contribution in [0.2, 0.25) is 0 Å². The summed E-state index contributed by atoms with van der Waals surface area (Å²) in [5.41, 5.74) is 1.90. The highest BCUT2D eigenvalue weighted by molar-refractivity contribution is 7.99.